The van der Waals surface area contributed by atoms with E-state index in [0.717, 1.165) is 11.4 Å². The van der Waals surface area contributed by atoms with E-state index < -0.39 is 0 Å². The van der Waals surface area contributed by atoms with Gasteiger partial charge in [0.1, 0.15) is 0 Å². The molecule has 5 heteroatoms. The molecule has 1 aromatic heterocycles. The van der Waals surface area contributed by atoms with E-state index in [9.17, 15) is 0 Å². The highest BCUT2D eigenvalue weighted by Crippen LogP contribution is 2.00. The Morgan fingerprint density at radius 1 is 1.25 bits per heavy atom. The van der Waals surface area contributed by atoms with Crippen LogP contribution in [0.3, 0.4) is 0 Å². The van der Waals surface area contributed by atoms with Crippen molar-refractivity contribution in [2.24, 2.45) is 0 Å². The maximum absolute atomic E-state index is 8.51. The number of aliphatic hydroxyl groups excluding tert-OH is 1. The van der Waals surface area contributed by atoms with Crippen molar-refractivity contribution in [1.29, 1.82) is 0 Å². The SMILES string of the molecule is Cc1nnc(NCCO)nc1C. The van der Waals surface area contributed by atoms with Gasteiger partial charge in [-0.15, -0.1) is 5.10 Å². The first-order valence-electron chi connectivity index (χ1n) is 3.76. The Morgan fingerprint density at radius 2 is 2.00 bits per heavy atom. The summed E-state index contributed by atoms with van der Waals surface area (Å²) >= 11 is 0. The van der Waals surface area contributed by atoms with Gasteiger partial charge in [-0.3, -0.25) is 0 Å². The number of aryl methyl sites for hydroxylation is 2. The molecule has 0 spiro atoms. The van der Waals surface area contributed by atoms with Crippen molar-refractivity contribution in [2.45, 2.75) is 13.8 Å². The lowest BCUT2D eigenvalue weighted by Gasteiger charge is -2.02. The number of hydrogen-bond donors (Lipinski definition) is 2. The highest BCUT2D eigenvalue weighted by atomic mass is 16.3. The molecule has 1 heterocycles. The number of nitrogens with one attached hydrogen (secondary N) is 1. The molecule has 12 heavy (non-hydrogen) atoms. The molecule has 0 atom stereocenters. The Bertz CT molecular complexity index is 264. The minimum atomic E-state index is 0.0658. The van der Waals surface area contributed by atoms with Gasteiger partial charge in [0.25, 0.3) is 0 Å². The van der Waals surface area contributed by atoms with Crippen LogP contribution in [0, 0.1) is 13.8 Å². The van der Waals surface area contributed by atoms with Gasteiger partial charge in [0, 0.05) is 6.54 Å². The van der Waals surface area contributed by atoms with Gasteiger partial charge in [0.2, 0.25) is 5.95 Å². The smallest absolute Gasteiger partial charge is 0.243 e. The zero-order valence-corrected chi connectivity index (χ0v) is 7.20. The molecule has 0 aliphatic rings. The van der Waals surface area contributed by atoms with Gasteiger partial charge in [0.05, 0.1) is 18.0 Å². The summed E-state index contributed by atoms with van der Waals surface area (Å²) in [7, 11) is 0. The molecule has 1 rings (SSSR count). The van der Waals surface area contributed by atoms with Crippen molar-refractivity contribution in [2.75, 3.05) is 18.5 Å². The van der Waals surface area contributed by atoms with Gasteiger partial charge < -0.3 is 10.4 Å². The van der Waals surface area contributed by atoms with E-state index in [1.54, 1.807) is 0 Å². The number of hydrogen-bond acceptors (Lipinski definition) is 5. The molecular weight excluding hydrogens is 156 g/mol. The fourth-order valence-corrected chi connectivity index (χ4v) is 0.699. The molecule has 0 aliphatic carbocycles. The monoisotopic (exact) mass is 168 g/mol. The van der Waals surface area contributed by atoms with Gasteiger partial charge in [-0.05, 0) is 13.8 Å². The first-order valence-corrected chi connectivity index (χ1v) is 3.76. The average molecular weight is 168 g/mol. The predicted molar refractivity (Wildman–Crippen MR) is 44.9 cm³/mol. The summed E-state index contributed by atoms with van der Waals surface area (Å²) < 4.78 is 0. The second-order valence-electron chi connectivity index (χ2n) is 2.46. The van der Waals surface area contributed by atoms with Crippen molar-refractivity contribution in [3.8, 4) is 0 Å². The molecule has 0 saturated heterocycles. The standard InChI is InChI=1S/C7H12N4O/c1-5-6(2)10-11-7(9-5)8-3-4-12/h12H,3-4H2,1-2H3,(H,8,9,11). The van der Waals surface area contributed by atoms with Crippen molar-refractivity contribution in [3.63, 3.8) is 0 Å². The topological polar surface area (TPSA) is 70.9 Å². The van der Waals surface area contributed by atoms with Crippen LogP contribution in [0.2, 0.25) is 0 Å². The molecule has 5 nitrogen and oxygen atoms in total. The van der Waals surface area contributed by atoms with Crippen LogP contribution in [0.25, 0.3) is 0 Å². The molecule has 0 amide bonds. The Labute approximate surface area is 70.9 Å². The van der Waals surface area contributed by atoms with Gasteiger partial charge in [0.15, 0.2) is 0 Å². The van der Waals surface area contributed by atoms with Gasteiger partial charge in [-0.25, -0.2) is 4.98 Å². The van der Waals surface area contributed by atoms with Gasteiger partial charge in [-0.2, -0.15) is 5.10 Å². The maximum atomic E-state index is 8.51. The molecule has 0 aromatic carbocycles. The number of nitrogens with zero attached hydrogens (tertiary/aromatic N) is 3. The van der Waals surface area contributed by atoms with Crippen LogP contribution < -0.4 is 5.32 Å². The Morgan fingerprint density at radius 3 is 2.58 bits per heavy atom. The molecule has 1 aromatic rings. The first-order chi connectivity index (χ1) is 5.74. The molecule has 66 valence electrons. The third kappa shape index (κ3) is 2.13. The molecule has 0 aliphatic heterocycles. The third-order valence-corrected chi connectivity index (χ3v) is 1.49. The summed E-state index contributed by atoms with van der Waals surface area (Å²) in [5, 5.41) is 19.0. The normalized spacial score (nSPS) is 9.92. The summed E-state index contributed by atoms with van der Waals surface area (Å²) in [6.07, 6.45) is 0. The van der Waals surface area contributed by atoms with Gasteiger partial charge >= 0.3 is 0 Å². The van der Waals surface area contributed by atoms with Gasteiger partial charge in [-0.1, -0.05) is 0 Å². The number of aromatic nitrogens is 3. The largest absolute Gasteiger partial charge is 0.395 e. The fourth-order valence-electron chi connectivity index (χ4n) is 0.699. The highest BCUT2D eigenvalue weighted by Gasteiger charge is 1.98. The fraction of sp³-hybridized carbons (Fsp3) is 0.571. The summed E-state index contributed by atoms with van der Waals surface area (Å²) in [6, 6.07) is 0. The summed E-state index contributed by atoms with van der Waals surface area (Å²) in [6.45, 7) is 4.24. The minimum absolute atomic E-state index is 0.0658. The molecule has 0 saturated carbocycles. The van der Waals surface area contributed by atoms with E-state index in [2.05, 4.69) is 20.5 Å². The van der Waals surface area contributed by atoms with Crippen LogP contribution in [0.15, 0.2) is 0 Å². The van der Waals surface area contributed by atoms with E-state index in [0.29, 0.717) is 12.5 Å². The lowest BCUT2D eigenvalue weighted by Crippen LogP contribution is -2.10. The summed E-state index contributed by atoms with van der Waals surface area (Å²) in [5.41, 5.74) is 1.68. The minimum Gasteiger partial charge on any atom is -0.395 e. The van der Waals surface area contributed by atoms with Crippen molar-refractivity contribution < 1.29 is 5.11 Å². The summed E-state index contributed by atoms with van der Waals surface area (Å²) in [5.74, 6) is 0.465. The zero-order valence-electron chi connectivity index (χ0n) is 7.20. The lowest BCUT2D eigenvalue weighted by molar-refractivity contribution is 0.310. The first kappa shape index (κ1) is 8.86. The van der Waals surface area contributed by atoms with E-state index in [-0.39, 0.29) is 6.61 Å². The van der Waals surface area contributed by atoms with Crippen molar-refractivity contribution >= 4 is 5.95 Å². The van der Waals surface area contributed by atoms with Crippen LogP contribution in [-0.2, 0) is 0 Å². The predicted octanol–water partition coefficient (Wildman–Crippen LogP) is -0.107. The second-order valence-corrected chi connectivity index (χ2v) is 2.46. The molecule has 0 bridgehead atoms. The van der Waals surface area contributed by atoms with E-state index in [1.807, 2.05) is 13.8 Å². The quantitative estimate of drug-likeness (QED) is 0.659. The van der Waals surface area contributed by atoms with Crippen LogP contribution in [-0.4, -0.2) is 33.4 Å². The van der Waals surface area contributed by atoms with Crippen LogP contribution in [0.4, 0.5) is 5.95 Å². The Balaban J connectivity index is 2.69. The molecule has 0 radical (unpaired) electrons. The van der Waals surface area contributed by atoms with E-state index >= 15 is 0 Å². The van der Waals surface area contributed by atoms with E-state index in [4.69, 9.17) is 5.11 Å². The van der Waals surface area contributed by atoms with Crippen LogP contribution >= 0.6 is 0 Å². The number of rotatable bonds is 3. The number of anilines is 1. The summed E-state index contributed by atoms with van der Waals surface area (Å²) in [4.78, 5) is 4.11. The second kappa shape index (κ2) is 3.96. The molecular formula is C7H12N4O. The Kier molecular flexibility index (Phi) is 2.93. The zero-order chi connectivity index (χ0) is 8.97. The maximum Gasteiger partial charge on any atom is 0.243 e. The average Bonchev–Trinajstić information content (AvgIpc) is 2.07. The number of aliphatic hydroxyl groups is 1. The Hall–Kier alpha value is -1.23. The third-order valence-electron chi connectivity index (χ3n) is 1.49. The molecule has 0 fully saturated rings. The van der Waals surface area contributed by atoms with E-state index in [1.165, 1.54) is 0 Å². The highest BCUT2D eigenvalue weighted by molar-refractivity contribution is 5.24. The van der Waals surface area contributed by atoms with Crippen LogP contribution in [0.5, 0.6) is 0 Å². The molecule has 0 unspecified atom stereocenters. The lowest BCUT2D eigenvalue weighted by atomic mass is 10.4. The van der Waals surface area contributed by atoms with Crippen molar-refractivity contribution in [1.82, 2.24) is 15.2 Å². The van der Waals surface area contributed by atoms with Crippen molar-refractivity contribution in [3.05, 3.63) is 11.4 Å². The van der Waals surface area contributed by atoms with Crippen LogP contribution in [0.1, 0.15) is 11.4 Å². The molecule has 2 N–H and O–H groups in total.